The monoisotopic (exact) mass is 1050 g/mol. The zero-order valence-electron chi connectivity index (χ0n) is 43.7. The summed E-state index contributed by atoms with van der Waals surface area (Å²) in [6.07, 6.45) is 12.1. The van der Waals surface area contributed by atoms with Gasteiger partial charge in [0.2, 0.25) is 0 Å². The average molecular weight is 1050 g/mol. The zero-order chi connectivity index (χ0) is 51.8. The highest BCUT2D eigenvalue weighted by molar-refractivity contribution is 9.10. The van der Waals surface area contributed by atoms with E-state index in [2.05, 4.69) is 306 Å². The van der Waals surface area contributed by atoms with E-state index in [4.69, 9.17) is 0 Å². The summed E-state index contributed by atoms with van der Waals surface area (Å²) in [4.78, 5) is 1.30. The second kappa shape index (κ2) is 23.2. The maximum absolute atomic E-state index is 3.43. The first-order chi connectivity index (χ1) is 36.6. The largest absolute Gasteiger partial charge is 0.130 e. The molecular weight excluding hydrogens is 989 g/mol. The van der Waals surface area contributed by atoms with Crippen LogP contribution in [0.1, 0.15) is 83.5 Å². The molecule has 3 aliphatic rings. The minimum atomic E-state index is 1.10. The Morgan fingerprint density at radius 1 is 0.320 bits per heavy atom. The Kier molecular flexibility index (Phi) is 15.7. The van der Waals surface area contributed by atoms with Gasteiger partial charge >= 0.3 is 0 Å². The van der Waals surface area contributed by atoms with Crippen LogP contribution < -0.4 is 0 Å². The molecule has 75 heavy (non-hydrogen) atoms. The molecule has 2 heteroatoms. The molecule has 10 aromatic rings. The third kappa shape index (κ3) is 12.0. The number of thioether (sulfide) groups is 1. The van der Waals surface area contributed by atoms with Gasteiger partial charge in [-0.2, -0.15) is 0 Å². The minimum absolute atomic E-state index is 1.10. The average Bonchev–Trinajstić information content (AvgIpc) is 4.06. The van der Waals surface area contributed by atoms with Gasteiger partial charge in [0.15, 0.2) is 0 Å². The Balaban J connectivity index is 0.000000116. The molecule has 3 aliphatic carbocycles. The van der Waals surface area contributed by atoms with Crippen molar-refractivity contribution in [1.82, 2.24) is 0 Å². The molecule has 0 N–H and O–H groups in total. The lowest BCUT2D eigenvalue weighted by molar-refractivity contribution is 1.25. The number of hydrogen-bond donors (Lipinski definition) is 0. The van der Waals surface area contributed by atoms with Gasteiger partial charge in [0, 0.05) is 9.37 Å². The molecule has 0 bridgehead atoms. The number of fused-ring (bicyclic) bond motifs is 9. The highest BCUT2D eigenvalue weighted by atomic mass is 79.9. The molecule has 0 saturated heterocycles. The van der Waals surface area contributed by atoms with Crippen LogP contribution in [0.4, 0.5) is 0 Å². The van der Waals surface area contributed by atoms with E-state index in [-0.39, 0.29) is 0 Å². The van der Waals surface area contributed by atoms with Crippen molar-refractivity contribution in [2.45, 2.75) is 45.9 Å². The van der Waals surface area contributed by atoms with Crippen molar-refractivity contribution in [2.75, 3.05) is 6.26 Å². The molecule has 13 rings (SSSR count). The van der Waals surface area contributed by atoms with Crippen LogP contribution in [-0.4, -0.2) is 6.26 Å². The molecule has 0 aromatic heterocycles. The quantitative estimate of drug-likeness (QED) is 0.122. The zero-order valence-corrected chi connectivity index (χ0v) is 46.1. The van der Waals surface area contributed by atoms with Crippen LogP contribution >= 0.6 is 27.7 Å². The van der Waals surface area contributed by atoms with Gasteiger partial charge < -0.3 is 0 Å². The summed E-state index contributed by atoms with van der Waals surface area (Å²) >= 11 is 5.20. The summed E-state index contributed by atoms with van der Waals surface area (Å²) in [5, 5.41) is 0. The Labute approximate surface area is 458 Å². The maximum atomic E-state index is 3.43. The molecule has 366 valence electrons. The van der Waals surface area contributed by atoms with Gasteiger partial charge in [-0.15, -0.1) is 11.8 Å². The Hall–Kier alpha value is -7.75. The second-order valence-corrected chi connectivity index (χ2v) is 21.6. The lowest BCUT2D eigenvalue weighted by Gasteiger charge is -2.05. The highest BCUT2D eigenvalue weighted by Crippen LogP contribution is 2.47. The fourth-order valence-electron chi connectivity index (χ4n) is 10.2. The van der Waals surface area contributed by atoms with E-state index < -0.39 is 0 Å². The molecule has 0 amide bonds. The molecule has 0 spiro atoms. The molecule has 0 aliphatic heterocycles. The molecule has 0 nitrogen and oxygen atoms in total. The number of benzene rings is 10. The summed E-state index contributed by atoms with van der Waals surface area (Å²) in [5.41, 5.74) is 30.7. The SMILES string of the molecule is CSc1ccc(/C=C2\c3ccccc3-c3ccc(C)cc32)cc1.Cc1ccc(/C=C2\c3ccccc3-c3ccc(C)cc32)cc1.Cc1ccc(C=Cc2ccc(Br)cc2)cc1.Cc1ccc2c(c1)Cc1ccccc1-2. The van der Waals surface area contributed by atoms with Crippen molar-refractivity contribution >= 4 is 63.1 Å². The Bertz CT molecular complexity index is 3690. The van der Waals surface area contributed by atoms with Crippen LogP contribution in [0.2, 0.25) is 0 Å². The molecule has 0 fully saturated rings. The maximum Gasteiger partial charge on any atom is 0.0175 e. The van der Waals surface area contributed by atoms with E-state index in [0.29, 0.717) is 0 Å². The van der Waals surface area contributed by atoms with Crippen LogP contribution in [0.15, 0.2) is 234 Å². The molecule has 10 aromatic carbocycles. The van der Waals surface area contributed by atoms with E-state index in [1.807, 2.05) is 0 Å². The summed E-state index contributed by atoms with van der Waals surface area (Å²) in [6.45, 7) is 10.7. The number of hydrogen-bond acceptors (Lipinski definition) is 1. The van der Waals surface area contributed by atoms with Crippen molar-refractivity contribution in [2.24, 2.45) is 0 Å². The van der Waals surface area contributed by atoms with Gasteiger partial charge in [0.1, 0.15) is 0 Å². The number of aryl methyl sites for hydroxylation is 5. The third-order valence-corrected chi connectivity index (χ3v) is 15.4. The molecule has 0 heterocycles. The fraction of sp³-hybridized carbons (Fsp3) is 0.0959. The van der Waals surface area contributed by atoms with Crippen molar-refractivity contribution in [1.29, 1.82) is 0 Å². The van der Waals surface area contributed by atoms with E-state index in [9.17, 15) is 0 Å². The smallest absolute Gasteiger partial charge is 0.0175 e. The van der Waals surface area contributed by atoms with Crippen LogP contribution in [0, 0.1) is 34.6 Å². The topological polar surface area (TPSA) is 0 Å². The summed E-state index contributed by atoms with van der Waals surface area (Å²) in [7, 11) is 0. The second-order valence-electron chi connectivity index (χ2n) is 19.8. The van der Waals surface area contributed by atoms with Crippen LogP contribution in [0.3, 0.4) is 0 Å². The first-order valence-electron chi connectivity index (χ1n) is 25.8. The van der Waals surface area contributed by atoms with Crippen molar-refractivity contribution in [3.8, 4) is 33.4 Å². The van der Waals surface area contributed by atoms with Gasteiger partial charge in [0.05, 0.1) is 0 Å². The minimum Gasteiger partial charge on any atom is -0.130 e. The first kappa shape index (κ1) is 50.8. The van der Waals surface area contributed by atoms with Gasteiger partial charge in [0.25, 0.3) is 0 Å². The van der Waals surface area contributed by atoms with E-state index in [0.717, 1.165) is 10.9 Å². The molecule has 0 atom stereocenters. The third-order valence-electron chi connectivity index (χ3n) is 14.1. The van der Waals surface area contributed by atoms with E-state index in [1.54, 1.807) is 11.8 Å². The lowest BCUT2D eigenvalue weighted by atomic mass is 9.99. The predicted octanol–water partition coefficient (Wildman–Crippen LogP) is 20.7. The number of rotatable bonds is 5. The predicted molar refractivity (Wildman–Crippen MR) is 330 cm³/mol. The van der Waals surface area contributed by atoms with Crippen molar-refractivity contribution in [3.05, 3.63) is 312 Å². The first-order valence-corrected chi connectivity index (χ1v) is 27.8. The highest BCUT2D eigenvalue weighted by Gasteiger charge is 2.24. The van der Waals surface area contributed by atoms with Crippen molar-refractivity contribution in [3.63, 3.8) is 0 Å². The van der Waals surface area contributed by atoms with Crippen LogP contribution in [0.5, 0.6) is 0 Å². The molecule has 0 saturated carbocycles. The normalized spacial score (nSPS) is 13.0. The van der Waals surface area contributed by atoms with E-state index in [1.165, 1.54) is 133 Å². The van der Waals surface area contributed by atoms with Gasteiger partial charge in [-0.1, -0.05) is 256 Å². The van der Waals surface area contributed by atoms with Crippen molar-refractivity contribution < 1.29 is 0 Å². The fourth-order valence-corrected chi connectivity index (χ4v) is 10.8. The summed E-state index contributed by atoms with van der Waals surface area (Å²) in [5.74, 6) is 0. The Morgan fingerprint density at radius 2 is 0.680 bits per heavy atom. The summed E-state index contributed by atoms with van der Waals surface area (Å²) in [6, 6.07) is 80.6. The summed E-state index contributed by atoms with van der Waals surface area (Å²) < 4.78 is 1.11. The van der Waals surface area contributed by atoms with Gasteiger partial charge in [-0.25, -0.2) is 0 Å². The number of halogens is 1. The van der Waals surface area contributed by atoms with E-state index >= 15 is 0 Å². The van der Waals surface area contributed by atoms with Crippen LogP contribution in [0.25, 0.3) is 68.8 Å². The standard InChI is InChI=1S/C22H18S.C22H18.C15H13Br.C14H12/c1-15-7-12-20-18-5-3-4-6-19(18)22(21(20)13-15)14-16-8-10-17(23-2)11-9-16;1-15-7-10-17(11-8-15)14-22-19-6-4-3-5-18(19)20-12-9-16(2)13-21(20)22;1-12-2-4-13(5-3-12)6-7-14-8-10-15(16)11-9-14;1-10-6-7-14-12(8-10)9-11-4-2-3-5-13(11)14/h3-14H,1-2H3;3-14H,1-2H3;2-11H,1H3;2-8H,9H2,1H3/b2*22-14+;;. The lowest BCUT2D eigenvalue weighted by Crippen LogP contribution is -1.83. The Morgan fingerprint density at radius 3 is 1.17 bits per heavy atom. The van der Waals surface area contributed by atoms with Gasteiger partial charge in [-0.3, -0.25) is 0 Å². The molecular formula is C73H61BrS. The molecule has 0 unspecified atom stereocenters. The molecule has 0 radical (unpaired) electrons. The van der Waals surface area contributed by atoms with Crippen LogP contribution in [-0.2, 0) is 6.42 Å². The van der Waals surface area contributed by atoms with Gasteiger partial charge in [-0.05, 0) is 184 Å².